The summed E-state index contributed by atoms with van der Waals surface area (Å²) in [6.45, 7) is 1.70. The average molecular weight is 320 g/mol. The van der Waals surface area contributed by atoms with Crippen LogP contribution in [0.4, 0.5) is 0 Å². The molecule has 0 amide bonds. The molecule has 3 rings (SSSR count). The van der Waals surface area contributed by atoms with Crippen molar-refractivity contribution < 1.29 is 4.79 Å². The van der Waals surface area contributed by atoms with E-state index in [2.05, 4.69) is 72.8 Å². The Kier molecular flexibility index (Phi) is 4.69. The quantitative estimate of drug-likeness (QED) is 0.659. The Bertz CT molecular complexity index is 670. The first kappa shape index (κ1) is 15.6. The second-order valence-electron chi connectivity index (χ2n) is 5.88. The van der Waals surface area contributed by atoms with Crippen molar-refractivity contribution in [2.24, 2.45) is 0 Å². The number of carbonyl (C=O) groups excluding carboxylic acids is 1. The molecule has 0 atom stereocenters. The first-order valence-corrected chi connectivity index (χ1v) is 10.1. The molecule has 0 aromatic heterocycles. The van der Waals surface area contributed by atoms with E-state index in [-0.39, 0.29) is 5.78 Å². The van der Waals surface area contributed by atoms with Crippen molar-refractivity contribution in [3.8, 4) is 0 Å². The fraction of sp³-hybridized carbons (Fsp3) is 0.0952. The molecule has 3 aromatic carbocycles. The van der Waals surface area contributed by atoms with E-state index in [4.69, 9.17) is 0 Å². The van der Waals surface area contributed by atoms with Gasteiger partial charge in [0.25, 0.3) is 0 Å². The standard InChI is InChI=1S/C21H21OP/c1-18(22)17-23(19-11-5-2-6-12-19,20-13-7-3-8-14-20)21-15-9-4-10-16-21/h2-16,23H,17H2,1H3. The van der Waals surface area contributed by atoms with Crippen LogP contribution in [0, 0.1) is 0 Å². The van der Waals surface area contributed by atoms with E-state index < -0.39 is 7.26 Å². The fourth-order valence-electron chi connectivity index (χ4n) is 3.35. The van der Waals surface area contributed by atoms with Gasteiger partial charge in [-0.25, -0.2) is 0 Å². The second-order valence-corrected chi connectivity index (χ2v) is 9.78. The van der Waals surface area contributed by atoms with Crippen LogP contribution in [0.5, 0.6) is 0 Å². The van der Waals surface area contributed by atoms with Crippen molar-refractivity contribution in [3.63, 3.8) is 0 Å². The molecule has 0 aliphatic carbocycles. The monoisotopic (exact) mass is 320 g/mol. The van der Waals surface area contributed by atoms with Crippen LogP contribution in [0.3, 0.4) is 0 Å². The maximum absolute atomic E-state index is 12.2. The predicted molar refractivity (Wildman–Crippen MR) is 102 cm³/mol. The summed E-state index contributed by atoms with van der Waals surface area (Å²) in [5, 5.41) is 3.85. The number of rotatable bonds is 5. The van der Waals surface area contributed by atoms with E-state index in [9.17, 15) is 4.79 Å². The van der Waals surface area contributed by atoms with E-state index in [1.165, 1.54) is 15.9 Å². The van der Waals surface area contributed by atoms with E-state index in [1.54, 1.807) is 6.92 Å². The van der Waals surface area contributed by atoms with Crippen molar-refractivity contribution in [2.45, 2.75) is 6.92 Å². The first-order valence-electron chi connectivity index (χ1n) is 7.89. The topological polar surface area (TPSA) is 17.1 Å². The summed E-state index contributed by atoms with van der Waals surface area (Å²) in [6, 6.07) is 31.6. The zero-order valence-electron chi connectivity index (χ0n) is 13.3. The van der Waals surface area contributed by atoms with Crippen molar-refractivity contribution in [2.75, 3.05) is 6.16 Å². The Balaban J connectivity index is 2.32. The summed E-state index contributed by atoms with van der Waals surface area (Å²) in [4.78, 5) is 12.2. The van der Waals surface area contributed by atoms with Crippen LogP contribution in [0.1, 0.15) is 6.92 Å². The van der Waals surface area contributed by atoms with Crippen LogP contribution in [-0.4, -0.2) is 11.9 Å². The first-order chi connectivity index (χ1) is 11.2. The number of hydrogen-bond donors (Lipinski definition) is 0. The SMILES string of the molecule is CC(=O)C[PH](c1ccccc1)(c1ccccc1)c1ccccc1. The van der Waals surface area contributed by atoms with Crippen molar-refractivity contribution in [1.29, 1.82) is 0 Å². The number of benzene rings is 3. The van der Waals surface area contributed by atoms with Gasteiger partial charge in [0, 0.05) is 0 Å². The Morgan fingerprint density at radius 3 is 1.22 bits per heavy atom. The molecule has 2 heteroatoms. The van der Waals surface area contributed by atoms with Gasteiger partial charge in [-0.3, -0.25) is 0 Å². The molecule has 0 unspecified atom stereocenters. The van der Waals surface area contributed by atoms with Crippen LogP contribution in [0.2, 0.25) is 0 Å². The van der Waals surface area contributed by atoms with Crippen LogP contribution < -0.4 is 15.9 Å². The molecule has 0 spiro atoms. The number of carbonyl (C=O) groups is 1. The van der Waals surface area contributed by atoms with Gasteiger partial charge < -0.3 is 0 Å². The van der Waals surface area contributed by atoms with Gasteiger partial charge in [-0.1, -0.05) is 0 Å². The molecule has 0 bridgehead atoms. The summed E-state index contributed by atoms with van der Waals surface area (Å²) in [5.74, 6) is 0.244. The second kappa shape index (κ2) is 6.89. The van der Waals surface area contributed by atoms with Crippen LogP contribution in [-0.2, 0) is 4.79 Å². The third-order valence-corrected chi connectivity index (χ3v) is 9.30. The van der Waals surface area contributed by atoms with Gasteiger partial charge in [-0.15, -0.1) is 0 Å². The van der Waals surface area contributed by atoms with Crippen molar-refractivity contribution in [3.05, 3.63) is 91.0 Å². The molecule has 0 fully saturated rings. The summed E-state index contributed by atoms with van der Waals surface area (Å²) < 4.78 is 0. The number of Topliss-reactive ketones (excluding diaryl/α,β-unsaturated/α-hetero) is 1. The molecule has 0 saturated carbocycles. The zero-order valence-corrected chi connectivity index (χ0v) is 14.3. The molecular formula is C21H21OP. The molecule has 0 saturated heterocycles. The Morgan fingerprint density at radius 2 is 0.957 bits per heavy atom. The fourth-order valence-corrected chi connectivity index (χ4v) is 7.99. The van der Waals surface area contributed by atoms with Gasteiger partial charge >= 0.3 is 138 Å². The van der Waals surface area contributed by atoms with Gasteiger partial charge in [-0.2, -0.15) is 0 Å². The third-order valence-electron chi connectivity index (χ3n) is 4.31. The molecule has 0 aliphatic heterocycles. The minimum absolute atomic E-state index is 0.244. The zero-order chi connectivity index (χ0) is 16.1. The van der Waals surface area contributed by atoms with Gasteiger partial charge in [0.05, 0.1) is 0 Å². The van der Waals surface area contributed by atoms with Gasteiger partial charge in [0.1, 0.15) is 0 Å². The summed E-state index contributed by atoms with van der Waals surface area (Å²) >= 11 is 0. The number of hydrogen-bond acceptors (Lipinski definition) is 1. The summed E-state index contributed by atoms with van der Waals surface area (Å²) in [7, 11) is -2.34. The molecule has 23 heavy (non-hydrogen) atoms. The Hall–Kier alpha value is -2.24. The van der Waals surface area contributed by atoms with Crippen molar-refractivity contribution in [1.82, 2.24) is 0 Å². The molecule has 0 N–H and O–H groups in total. The molecule has 1 nitrogen and oxygen atoms in total. The average Bonchev–Trinajstić information content (AvgIpc) is 2.62. The minimum atomic E-state index is -2.34. The third kappa shape index (κ3) is 3.11. The van der Waals surface area contributed by atoms with Gasteiger partial charge in [-0.05, 0) is 0 Å². The maximum atomic E-state index is 12.2. The molecule has 0 radical (unpaired) electrons. The van der Waals surface area contributed by atoms with E-state index >= 15 is 0 Å². The predicted octanol–water partition coefficient (Wildman–Crippen LogP) is 3.30. The number of ketones is 1. The van der Waals surface area contributed by atoms with Crippen molar-refractivity contribution >= 4 is 29.0 Å². The van der Waals surface area contributed by atoms with E-state index in [0.717, 1.165) is 0 Å². The molecule has 0 heterocycles. The Labute approximate surface area is 138 Å². The molecule has 3 aromatic rings. The van der Waals surface area contributed by atoms with Crippen LogP contribution in [0.25, 0.3) is 0 Å². The van der Waals surface area contributed by atoms with Gasteiger partial charge in [0.2, 0.25) is 0 Å². The molecule has 0 aliphatic rings. The van der Waals surface area contributed by atoms with E-state index in [1.807, 2.05) is 18.2 Å². The van der Waals surface area contributed by atoms with Gasteiger partial charge in [0.15, 0.2) is 0 Å². The molecule has 116 valence electrons. The molecular weight excluding hydrogens is 299 g/mol. The summed E-state index contributed by atoms with van der Waals surface area (Å²) in [5.41, 5.74) is 0. The summed E-state index contributed by atoms with van der Waals surface area (Å²) in [6.07, 6.45) is 0.588. The van der Waals surface area contributed by atoms with Crippen LogP contribution >= 0.6 is 7.26 Å². The Morgan fingerprint density at radius 1 is 0.652 bits per heavy atom. The normalized spacial score (nSPS) is 11.9. The van der Waals surface area contributed by atoms with Crippen LogP contribution in [0.15, 0.2) is 91.0 Å². The van der Waals surface area contributed by atoms with E-state index in [0.29, 0.717) is 6.16 Å².